The maximum absolute atomic E-state index is 12.9. The van der Waals surface area contributed by atoms with E-state index in [1.165, 1.54) is 13.1 Å². The molecule has 0 aliphatic heterocycles. The highest BCUT2D eigenvalue weighted by molar-refractivity contribution is 7.90. The summed E-state index contributed by atoms with van der Waals surface area (Å²) in [6.07, 6.45) is 1.53. The highest BCUT2D eigenvalue weighted by atomic mass is 32.2. The number of hydrogen-bond acceptors (Lipinski definition) is 5. The van der Waals surface area contributed by atoms with Gasteiger partial charge < -0.3 is 14.2 Å². The largest absolute Gasteiger partial charge is 0.383 e. The van der Waals surface area contributed by atoms with Crippen molar-refractivity contribution in [3.05, 3.63) is 47.8 Å². The third kappa shape index (κ3) is 4.92. The molecule has 142 valence electrons. The topological polar surface area (TPSA) is 81.5 Å². The van der Waals surface area contributed by atoms with Gasteiger partial charge in [-0.1, -0.05) is 30.3 Å². The number of imidazole rings is 1. The van der Waals surface area contributed by atoms with E-state index in [4.69, 9.17) is 4.74 Å². The van der Waals surface area contributed by atoms with Gasteiger partial charge in [-0.2, -0.15) is 0 Å². The number of nitrogens with zero attached hydrogens (tertiary/aromatic N) is 3. The number of aromatic nitrogens is 2. The minimum Gasteiger partial charge on any atom is -0.383 e. The molecule has 0 N–H and O–H groups in total. The first kappa shape index (κ1) is 20.1. The van der Waals surface area contributed by atoms with Crippen molar-refractivity contribution in [1.29, 1.82) is 0 Å². The molecule has 2 aromatic rings. The molecule has 1 heterocycles. The van der Waals surface area contributed by atoms with Crippen LogP contribution < -0.4 is 0 Å². The van der Waals surface area contributed by atoms with Crippen molar-refractivity contribution in [3.8, 4) is 0 Å². The molecule has 1 aromatic heterocycles. The van der Waals surface area contributed by atoms with Crippen LogP contribution in [0.4, 0.5) is 0 Å². The van der Waals surface area contributed by atoms with Crippen molar-refractivity contribution < 1.29 is 17.9 Å². The van der Waals surface area contributed by atoms with E-state index in [9.17, 15) is 13.2 Å². The summed E-state index contributed by atoms with van der Waals surface area (Å²) in [7, 11) is -2.07. The van der Waals surface area contributed by atoms with Gasteiger partial charge in [-0.15, -0.1) is 0 Å². The van der Waals surface area contributed by atoms with Gasteiger partial charge in [0.05, 0.1) is 30.8 Å². The molecule has 0 bridgehead atoms. The molecule has 1 amide bonds. The Morgan fingerprint density at radius 1 is 1.27 bits per heavy atom. The van der Waals surface area contributed by atoms with E-state index in [-0.39, 0.29) is 16.8 Å². The first-order valence-corrected chi connectivity index (χ1v) is 10.1. The smallest absolute Gasteiger partial charge is 0.228 e. The van der Waals surface area contributed by atoms with Crippen molar-refractivity contribution in [2.45, 2.75) is 37.8 Å². The van der Waals surface area contributed by atoms with E-state index in [1.54, 1.807) is 40.8 Å². The Labute approximate surface area is 154 Å². The lowest BCUT2D eigenvalue weighted by atomic mass is 10.2. The van der Waals surface area contributed by atoms with Gasteiger partial charge in [-0.25, -0.2) is 13.4 Å². The molecule has 0 saturated heterocycles. The van der Waals surface area contributed by atoms with E-state index in [0.29, 0.717) is 37.5 Å². The Morgan fingerprint density at radius 2 is 1.96 bits per heavy atom. The molecule has 7 nitrogen and oxygen atoms in total. The fourth-order valence-corrected chi connectivity index (χ4v) is 4.21. The van der Waals surface area contributed by atoms with Crippen LogP contribution in [0.3, 0.4) is 0 Å². The Kier molecular flexibility index (Phi) is 6.93. The van der Waals surface area contributed by atoms with Gasteiger partial charge in [-0.05, 0) is 12.5 Å². The SMILES string of the molecule is CCN(Cc1cnc(S(=O)(=O)Cc2ccccc2)n1CCOC)C(C)=O. The van der Waals surface area contributed by atoms with Crippen LogP contribution in [0.15, 0.2) is 41.7 Å². The Bertz CT molecular complexity index is 831. The molecule has 0 aliphatic carbocycles. The number of benzene rings is 1. The maximum Gasteiger partial charge on any atom is 0.228 e. The second-order valence-corrected chi connectivity index (χ2v) is 7.84. The number of carbonyl (C=O) groups is 1. The summed E-state index contributed by atoms with van der Waals surface area (Å²) < 4.78 is 32.5. The van der Waals surface area contributed by atoms with Gasteiger partial charge >= 0.3 is 0 Å². The van der Waals surface area contributed by atoms with Crippen LogP contribution in [0.2, 0.25) is 0 Å². The summed E-state index contributed by atoms with van der Waals surface area (Å²) in [4.78, 5) is 17.5. The maximum atomic E-state index is 12.9. The zero-order valence-corrected chi connectivity index (χ0v) is 16.2. The Morgan fingerprint density at radius 3 is 2.54 bits per heavy atom. The number of hydrogen-bond donors (Lipinski definition) is 0. The van der Waals surface area contributed by atoms with Crippen LogP contribution in [0, 0.1) is 0 Å². The molecule has 26 heavy (non-hydrogen) atoms. The zero-order chi connectivity index (χ0) is 19.2. The molecule has 0 aliphatic rings. The van der Waals surface area contributed by atoms with Crippen molar-refractivity contribution >= 4 is 15.7 Å². The van der Waals surface area contributed by atoms with E-state index in [1.807, 2.05) is 13.0 Å². The van der Waals surface area contributed by atoms with Gasteiger partial charge in [0, 0.05) is 27.1 Å². The minimum absolute atomic E-state index is 0.00741. The fraction of sp³-hybridized carbons (Fsp3) is 0.444. The molecule has 0 unspecified atom stereocenters. The lowest BCUT2D eigenvalue weighted by molar-refractivity contribution is -0.129. The summed E-state index contributed by atoms with van der Waals surface area (Å²) in [5, 5.41) is 0.00741. The van der Waals surface area contributed by atoms with Crippen LogP contribution in [-0.2, 0) is 38.2 Å². The van der Waals surface area contributed by atoms with E-state index in [0.717, 1.165) is 0 Å². The summed E-state index contributed by atoms with van der Waals surface area (Å²) in [5.74, 6) is -0.192. The minimum atomic E-state index is -3.62. The van der Waals surface area contributed by atoms with Gasteiger partial charge in [0.1, 0.15) is 0 Å². The summed E-state index contributed by atoms with van der Waals surface area (Å²) in [6.45, 7) is 4.92. The van der Waals surface area contributed by atoms with E-state index in [2.05, 4.69) is 4.98 Å². The van der Waals surface area contributed by atoms with E-state index < -0.39 is 9.84 Å². The lowest BCUT2D eigenvalue weighted by Crippen LogP contribution is -2.29. The second-order valence-electron chi connectivity index (χ2n) is 5.95. The molecule has 0 spiro atoms. The van der Waals surface area contributed by atoms with Gasteiger partial charge in [0.25, 0.3) is 0 Å². The molecule has 0 atom stereocenters. The first-order valence-electron chi connectivity index (χ1n) is 8.44. The number of rotatable bonds is 9. The van der Waals surface area contributed by atoms with Gasteiger partial charge in [0.15, 0.2) is 0 Å². The highest BCUT2D eigenvalue weighted by Gasteiger charge is 2.24. The van der Waals surface area contributed by atoms with Gasteiger partial charge in [0.2, 0.25) is 20.9 Å². The van der Waals surface area contributed by atoms with E-state index >= 15 is 0 Å². The summed E-state index contributed by atoms with van der Waals surface area (Å²) in [6, 6.07) is 9.00. The predicted molar refractivity (Wildman–Crippen MR) is 98.2 cm³/mol. The van der Waals surface area contributed by atoms with Gasteiger partial charge in [-0.3, -0.25) is 4.79 Å². The van der Waals surface area contributed by atoms with Crippen LogP contribution in [-0.4, -0.2) is 49.0 Å². The second kappa shape index (κ2) is 8.95. The number of amides is 1. The van der Waals surface area contributed by atoms with Crippen molar-refractivity contribution in [2.75, 3.05) is 20.3 Å². The Hall–Kier alpha value is -2.19. The van der Waals surface area contributed by atoms with Crippen molar-refractivity contribution in [2.24, 2.45) is 0 Å². The monoisotopic (exact) mass is 379 g/mol. The third-order valence-corrected chi connectivity index (χ3v) is 5.67. The zero-order valence-electron chi connectivity index (χ0n) is 15.4. The van der Waals surface area contributed by atoms with Crippen LogP contribution in [0.5, 0.6) is 0 Å². The van der Waals surface area contributed by atoms with Crippen LogP contribution >= 0.6 is 0 Å². The molecule has 0 fully saturated rings. The van der Waals surface area contributed by atoms with Crippen molar-refractivity contribution in [3.63, 3.8) is 0 Å². The predicted octanol–water partition coefficient (Wildman–Crippen LogP) is 1.87. The van der Waals surface area contributed by atoms with Crippen molar-refractivity contribution in [1.82, 2.24) is 14.5 Å². The molecule has 1 aromatic carbocycles. The molecule has 0 saturated carbocycles. The summed E-state index contributed by atoms with van der Waals surface area (Å²) in [5.41, 5.74) is 1.37. The third-order valence-electron chi connectivity index (χ3n) is 4.08. The highest BCUT2D eigenvalue weighted by Crippen LogP contribution is 2.18. The Balaban J connectivity index is 2.36. The normalized spacial score (nSPS) is 11.5. The van der Waals surface area contributed by atoms with Crippen LogP contribution in [0.25, 0.3) is 0 Å². The molecular weight excluding hydrogens is 354 g/mol. The number of methoxy groups -OCH3 is 1. The molecule has 8 heteroatoms. The van der Waals surface area contributed by atoms with Crippen LogP contribution in [0.1, 0.15) is 25.1 Å². The number of sulfone groups is 1. The number of ether oxygens (including phenoxy) is 1. The molecule has 0 radical (unpaired) electrons. The standard InChI is InChI=1S/C18H25N3O4S/c1-4-20(15(2)22)13-17-12-19-18(21(17)10-11-25-3)26(23,24)14-16-8-6-5-7-9-16/h5-9,12H,4,10-11,13-14H2,1-3H3. The quantitative estimate of drug-likeness (QED) is 0.664. The molecular formula is C18H25N3O4S. The average Bonchev–Trinajstić information content (AvgIpc) is 3.01. The first-order chi connectivity index (χ1) is 12.4. The molecule has 2 rings (SSSR count). The summed E-state index contributed by atoms with van der Waals surface area (Å²) >= 11 is 0. The number of carbonyl (C=O) groups excluding carboxylic acids is 1. The fourth-order valence-electron chi connectivity index (χ4n) is 2.69. The lowest BCUT2D eigenvalue weighted by Gasteiger charge is -2.20. The average molecular weight is 379 g/mol.